The Labute approximate surface area is 163 Å². The molecule has 2 aromatic rings. The minimum Gasteiger partial charge on any atom is -0.361 e. The van der Waals surface area contributed by atoms with Crippen LogP contribution >= 0.6 is 0 Å². The number of aromatic amines is 1. The number of nitrogens with one attached hydrogen (secondary N) is 2. The fraction of sp³-hybridized carbons (Fsp3) is 0.550. The number of guanidine groups is 1. The van der Waals surface area contributed by atoms with Gasteiger partial charge in [0.05, 0.1) is 0 Å². The van der Waals surface area contributed by atoms with Crippen LogP contribution in [-0.2, 0) is 6.42 Å². The van der Waals surface area contributed by atoms with Gasteiger partial charge in [-0.2, -0.15) is 13.2 Å². The number of H-pyrrole nitrogens is 1. The molecule has 0 aliphatic carbocycles. The number of aryl methyl sites for hydroxylation is 1. The number of halogens is 3. The fourth-order valence-corrected chi connectivity index (χ4v) is 3.68. The number of piperazine rings is 1. The zero-order chi connectivity index (χ0) is 20.3. The minimum atomic E-state index is -4.18. The van der Waals surface area contributed by atoms with Gasteiger partial charge in [0.2, 0.25) is 0 Å². The normalized spacial score (nSPS) is 17.9. The first kappa shape index (κ1) is 20.5. The predicted octanol–water partition coefficient (Wildman–Crippen LogP) is 3.16. The minimum absolute atomic E-state index is 0.378. The quantitative estimate of drug-likeness (QED) is 0.618. The highest BCUT2D eigenvalue weighted by atomic mass is 19.4. The second-order valence-corrected chi connectivity index (χ2v) is 7.33. The number of aromatic nitrogens is 1. The first-order valence-corrected chi connectivity index (χ1v) is 9.62. The van der Waals surface area contributed by atoms with E-state index >= 15 is 0 Å². The van der Waals surface area contributed by atoms with E-state index in [2.05, 4.69) is 40.4 Å². The summed E-state index contributed by atoms with van der Waals surface area (Å²) < 4.78 is 38.7. The molecule has 2 heterocycles. The van der Waals surface area contributed by atoms with Crippen LogP contribution < -0.4 is 5.32 Å². The van der Waals surface area contributed by atoms with Crippen molar-refractivity contribution in [1.29, 1.82) is 0 Å². The predicted molar refractivity (Wildman–Crippen MR) is 107 cm³/mol. The summed E-state index contributed by atoms with van der Waals surface area (Å²) in [5.41, 5.74) is 3.59. The van der Waals surface area contributed by atoms with Crippen molar-refractivity contribution in [1.82, 2.24) is 20.1 Å². The summed E-state index contributed by atoms with van der Waals surface area (Å²) in [6.07, 6.45) is -1.31. The molecule has 1 aliphatic heterocycles. The Morgan fingerprint density at radius 3 is 2.61 bits per heavy atom. The zero-order valence-corrected chi connectivity index (χ0v) is 16.6. The molecular formula is C20H28F3N5. The number of hydrogen-bond donors (Lipinski definition) is 2. The van der Waals surface area contributed by atoms with Gasteiger partial charge in [-0.15, -0.1) is 0 Å². The first-order chi connectivity index (χ1) is 13.3. The van der Waals surface area contributed by atoms with Crippen molar-refractivity contribution in [3.8, 4) is 0 Å². The number of rotatable bonds is 4. The van der Waals surface area contributed by atoms with Gasteiger partial charge in [0.25, 0.3) is 0 Å². The van der Waals surface area contributed by atoms with Crippen LogP contribution in [0.15, 0.2) is 29.4 Å². The Hall–Kier alpha value is -2.22. The Morgan fingerprint density at radius 2 is 1.96 bits per heavy atom. The number of fused-ring (bicyclic) bond motifs is 1. The molecule has 3 rings (SSSR count). The van der Waals surface area contributed by atoms with Gasteiger partial charge in [0.1, 0.15) is 6.04 Å². The molecule has 0 radical (unpaired) electrons. The van der Waals surface area contributed by atoms with Gasteiger partial charge < -0.3 is 15.2 Å². The number of benzene rings is 1. The van der Waals surface area contributed by atoms with E-state index in [4.69, 9.17) is 0 Å². The van der Waals surface area contributed by atoms with Gasteiger partial charge in [0, 0.05) is 56.9 Å². The third kappa shape index (κ3) is 4.60. The molecule has 1 aliphatic rings. The van der Waals surface area contributed by atoms with E-state index in [9.17, 15) is 13.2 Å². The van der Waals surface area contributed by atoms with E-state index in [1.165, 1.54) is 28.3 Å². The van der Waals surface area contributed by atoms with E-state index in [1.807, 2.05) is 11.1 Å². The molecule has 2 N–H and O–H groups in total. The van der Waals surface area contributed by atoms with Crippen molar-refractivity contribution in [2.24, 2.45) is 4.99 Å². The van der Waals surface area contributed by atoms with Crippen LogP contribution in [-0.4, -0.2) is 72.7 Å². The van der Waals surface area contributed by atoms with Crippen LogP contribution in [0.5, 0.6) is 0 Å². The van der Waals surface area contributed by atoms with Crippen molar-refractivity contribution < 1.29 is 13.2 Å². The molecule has 1 aromatic carbocycles. The standard InChI is InChI=1S/C20H28F3N5/c1-14-4-5-17-16(13-26-18(17)12-14)6-7-25-19(24-3)28-10-8-27(9-11-28)15(2)20(21,22)23/h4-5,12-13,15,26H,6-11H2,1-3H3,(H,24,25). The summed E-state index contributed by atoms with van der Waals surface area (Å²) in [4.78, 5) is 11.1. The van der Waals surface area contributed by atoms with E-state index in [1.54, 1.807) is 7.05 Å². The summed E-state index contributed by atoms with van der Waals surface area (Å²) in [5.74, 6) is 0.745. The number of nitrogens with zero attached hydrogens (tertiary/aromatic N) is 3. The Kier molecular flexibility index (Phi) is 6.17. The monoisotopic (exact) mass is 395 g/mol. The second-order valence-electron chi connectivity index (χ2n) is 7.33. The molecule has 0 saturated carbocycles. The molecule has 1 unspecified atom stereocenters. The van der Waals surface area contributed by atoms with Crippen LogP contribution in [0.1, 0.15) is 18.1 Å². The highest BCUT2D eigenvalue weighted by Crippen LogP contribution is 2.25. The maximum Gasteiger partial charge on any atom is 0.403 e. The average molecular weight is 395 g/mol. The molecule has 0 amide bonds. The van der Waals surface area contributed by atoms with E-state index in [-0.39, 0.29) is 0 Å². The van der Waals surface area contributed by atoms with Crippen molar-refractivity contribution in [3.05, 3.63) is 35.5 Å². The highest BCUT2D eigenvalue weighted by Gasteiger charge is 2.41. The van der Waals surface area contributed by atoms with Crippen molar-refractivity contribution in [2.75, 3.05) is 39.8 Å². The van der Waals surface area contributed by atoms with Crippen LogP contribution in [0.4, 0.5) is 13.2 Å². The molecule has 5 nitrogen and oxygen atoms in total. The van der Waals surface area contributed by atoms with Crippen molar-refractivity contribution in [3.63, 3.8) is 0 Å². The van der Waals surface area contributed by atoms with Crippen molar-refractivity contribution in [2.45, 2.75) is 32.5 Å². The Morgan fingerprint density at radius 1 is 1.25 bits per heavy atom. The molecule has 1 aromatic heterocycles. The topological polar surface area (TPSA) is 46.7 Å². The molecule has 1 saturated heterocycles. The zero-order valence-electron chi connectivity index (χ0n) is 16.6. The van der Waals surface area contributed by atoms with E-state index < -0.39 is 12.2 Å². The second kappa shape index (κ2) is 8.43. The van der Waals surface area contributed by atoms with Crippen LogP contribution in [0.3, 0.4) is 0 Å². The lowest BCUT2D eigenvalue weighted by Crippen LogP contribution is -2.56. The van der Waals surface area contributed by atoms with Crippen LogP contribution in [0.2, 0.25) is 0 Å². The number of aliphatic imine (C=N–C) groups is 1. The SMILES string of the molecule is CN=C(NCCc1c[nH]c2cc(C)ccc12)N1CCN(C(C)C(F)(F)F)CC1. The molecule has 1 atom stereocenters. The lowest BCUT2D eigenvalue weighted by atomic mass is 10.1. The molecular weight excluding hydrogens is 367 g/mol. The largest absolute Gasteiger partial charge is 0.403 e. The van der Waals surface area contributed by atoms with Gasteiger partial charge in [-0.3, -0.25) is 9.89 Å². The number of hydrogen-bond acceptors (Lipinski definition) is 2. The summed E-state index contributed by atoms with van der Waals surface area (Å²) in [6, 6.07) is 4.96. The Bertz CT molecular complexity index is 819. The summed E-state index contributed by atoms with van der Waals surface area (Å²) in [6.45, 7) is 5.84. The van der Waals surface area contributed by atoms with Gasteiger partial charge >= 0.3 is 6.18 Å². The molecule has 0 bridgehead atoms. The molecule has 28 heavy (non-hydrogen) atoms. The van der Waals surface area contributed by atoms with Gasteiger partial charge in [-0.25, -0.2) is 0 Å². The molecule has 1 fully saturated rings. The van der Waals surface area contributed by atoms with Crippen LogP contribution in [0, 0.1) is 6.92 Å². The fourth-order valence-electron chi connectivity index (χ4n) is 3.68. The summed E-state index contributed by atoms with van der Waals surface area (Å²) in [7, 11) is 1.71. The van der Waals surface area contributed by atoms with Crippen LogP contribution in [0.25, 0.3) is 10.9 Å². The van der Waals surface area contributed by atoms with E-state index in [0.29, 0.717) is 32.7 Å². The van der Waals surface area contributed by atoms with Gasteiger partial charge in [0.15, 0.2) is 5.96 Å². The molecule has 8 heteroatoms. The highest BCUT2D eigenvalue weighted by molar-refractivity contribution is 5.84. The lowest BCUT2D eigenvalue weighted by molar-refractivity contribution is -0.181. The smallest absolute Gasteiger partial charge is 0.361 e. The summed E-state index contributed by atoms with van der Waals surface area (Å²) >= 11 is 0. The molecule has 0 spiro atoms. The Balaban J connectivity index is 1.51. The molecule has 154 valence electrons. The van der Waals surface area contributed by atoms with Gasteiger partial charge in [-0.05, 0) is 37.5 Å². The summed E-state index contributed by atoms with van der Waals surface area (Å²) in [5, 5.41) is 4.57. The third-order valence-electron chi connectivity index (χ3n) is 5.45. The average Bonchev–Trinajstić information content (AvgIpc) is 3.06. The maximum atomic E-state index is 12.9. The van der Waals surface area contributed by atoms with E-state index in [0.717, 1.165) is 17.9 Å². The first-order valence-electron chi connectivity index (χ1n) is 9.62. The van der Waals surface area contributed by atoms with Gasteiger partial charge in [-0.1, -0.05) is 12.1 Å². The number of alkyl halides is 3. The third-order valence-corrected chi connectivity index (χ3v) is 5.45. The van der Waals surface area contributed by atoms with Crippen molar-refractivity contribution >= 4 is 16.9 Å². The lowest BCUT2D eigenvalue weighted by Gasteiger charge is -2.39. The maximum absolute atomic E-state index is 12.9.